The second kappa shape index (κ2) is 40.1. The minimum Gasteiger partial charge on any atom is -0.489 e. The summed E-state index contributed by atoms with van der Waals surface area (Å²) < 4.78 is 101. The number of aliphatic carboxylic acids is 1. The minimum absolute atomic E-state index is 0.0223. The minimum atomic E-state index is -4.84. The van der Waals surface area contributed by atoms with Gasteiger partial charge in [-0.05, 0) is 125 Å². The van der Waals surface area contributed by atoms with Gasteiger partial charge in [0.1, 0.15) is 54.0 Å². The second-order valence-electron chi connectivity index (χ2n) is 24.0. The normalized spacial score (nSPS) is 14.9. The van der Waals surface area contributed by atoms with Gasteiger partial charge in [0, 0.05) is 63.8 Å². The van der Waals surface area contributed by atoms with E-state index in [0.29, 0.717) is 57.6 Å². The molecule has 2 aliphatic rings. The summed E-state index contributed by atoms with van der Waals surface area (Å²) >= 11 is 17.0. The predicted molar refractivity (Wildman–Crippen MR) is 388 cm³/mol. The number of ether oxygens (including phenoxy) is 5. The van der Waals surface area contributed by atoms with E-state index in [9.17, 15) is 79.4 Å². The summed E-state index contributed by atoms with van der Waals surface area (Å²) in [6.07, 6.45) is -2.66. The van der Waals surface area contributed by atoms with Crippen molar-refractivity contribution in [3.05, 3.63) is 174 Å². The van der Waals surface area contributed by atoms with Crippen LogP contribution in [0, 0.1) is 23.0 Å². The number of alkyl halides is 6. The number of para-hydroxylation sites is 3. The number of nitrogens with two attached hydrogens (primary N) is 1. The Labute approximate surface area is 618 Å². The Bertz CT molecular complexity index is 4390. The Hall–Kier alpha value is -8.81. The molecule has 5 atom stereocenters. The molecule has 6 aromatic rings. The molecule has 1 aliphatic carbocycles. The van der Waals surface area contributed by atoms with Crippen LogP contribution in [0.4, 0.5) is 30.2 Å². The number of carboxylic acids is 1. The van der Waals surface area contributed by atoms with Gasteiger partial charge in [-0.3, -0.25) is 52.8 Å². The number of aromatic nitrogens is 2. The Kier molecular flexibility index (Phi) is 33.8. The lowest BCUT2D eigenvalue weighted by molar-refractivity contribution is -0.385. The van der Waals surface area contributed by atoms with Gasteiger partial charge in [-0.25, -0.2) is 22.6 Å². The first-order valence-electron chi connectivity index (χ1n) is 32.2. The molecular weight excluding hydrogens is 1490 g/mol. The van der Waals surface area contributed by atoms with E-state index in [2.05, 4.69) is 13.0 Å². The first kappa shape index (κ1) is 88.6. The fourth-order valence-corrected chi connectivity index (χ4v) is 12.2. The van der Waals surface area contributed by atoms with Crippen molar-refractivity contribution in [3.8, 4) is 22.9 Å². The molecule has 1 aliphatic heterocycles. The maximum atomic E-state index is 13.1. The van der Waals surface area contributed by atoms with E-state index in [0.717, 1.165) is 72.4 Å². The number of nitro benzene ring substituents is 1. The topological polar surface area (TPSA) is 377 Å². The van der Waals surface area contributed by atoms with E-state index < -0.39 is 109 Å². The fourth-order valence-electron chi connectivity index (χ4n) is 10.5. The van der Waals surface area contributed by atoms with Gasteiger partial charge in [-0.2, -0.15) is 13.2 Å². The molecule has 35 heteroatoms. The zero-order valence-corrected chi connectivity index (χ0v) is 63.2. The van der Waals surface area contributed by atoms with Crippen molar-refractivity contribution in [3.63, 3.8) is 0 Å². The summed E-state index contributed by atoms with van der Waals surface area (Å²) in [4.78, 5) is 128. The molecule has 0 spiro atoms. The van der Waals surface area contributed by atoms with Gasteiger partial charge in [-0.1, -0.05) is 79.5 Å². The smallest absolute Gasteiger partial charge is 0.431 e. The SMILES string of the molecule is CC1COc2ccccc2N1C(=O)C(Cl)Cl.CCc1ccc(COc2ccc(-n3c(=O)cc(C(F)(F)F)n(C)c3=O)cc2)c(OC(C)C(=O)OC)c1.CCc1cccc(C)c1N(C(=O)CCl)C(C)COC.CP(=O)(O)CCC(N)C(=O)O.CS(=O)(=O)c1ccc(C(=O)C2C(=O)CCCC2=O)c([N+](=O)[O-])c1. The highest BCUT2D eigenvalue weighted by Gasteiger charge is 2.40. The summed E-state index contributed by atoms with van der Waals surface area (Å²) in [7, 11) is -2.94. The average Bonchev–Trinajstić information content (AvgIpc) is 0.794. The molecular formula is C70H83Cl3F3N6O21PS. The predicted octanol–water partition coefficient (Wildman–Crippen LogP) is 10.2. The average molecular weight is 1570 g/mol. The first-order chi connectivity index (χ1) is 49.1. The number of benzene rings is 5. The number of esters is 1. The zero-order chi connectivity index (χ0) is 79.2. The molecule has 0 saturated heterocycles. The molecule has 0 bridgehead atoms. The molecule has 5 aromatic carbocycles. The fraction of sp³-hybridized carbons (Fsp3) is 0.414. The van der Waals surface area contributed by atoms with Gasteiger partial charge >= 0.3 is 23.8 Å². The summed E-state index contributed by atoms with van der Waals surface area (Å²) in [5, 5.41) is 19.4. The highest BCUT2D eigenvalue weighted by atomic mass is 35.5. The van der Waals surface area contributed by atoms with Crippen LogP contribution in [0.15, 0.2) is 124 Å². The highest BCUT2D eigenvalue weighted by Crippen LogP contribution is 2.37. The summed E-state index contributed by atoms with van der Waals surface area (Å²) in [5.41, 5.74) is 6.05. The molecule has 27 nitrogen and oxygen atoms in total. The van der Waals surface area contributed by atoms with Gasteiger partial charge in [0.15, 0.2) is 45.5 Å². The number of aryl methyl sites for hydroxylation is 3. The van der Waals surface area contributed by atoms with Gasteiger partial charge in [0.05, 0.1) is 58.2 Å². The molecule has 2 heterocycles. The number of methoxy groups -OCH3 is 2. The lowest BCUT2D eigenvalue weighted by Crippen LogP contribution is -2.47. The molecule has 1 fully saturated rings. The number of nitrogens with zero attached hydrogens (tertiary/aromatic N) is 5. The number of sulfone groups is 1. The third-order valence-electron chi connectivity index (χ3n) is 15.9. The van der Waals surface area contributed by atoms with Crippen molar-refractivity contribution < 1.29 is 98.3 Å². The maximum Gasteiger partial charge on any atom is 0.431 e. The second-order valence-corrected chi connectivity index (χ2v) is 29.9. The number of halogens is 6. The molecule has 2 amide bonds. The number of amides is 2. The van der Waals surface area contributed by atoms with Gasteiger partial charge in [0.25, 0.3) is 17.2 Å². The van der Waals surface area contributed by atoms with Gasteiger partial charge in [0.2, 0.25) is 5.91 Å². The lowest BCUT2D eigenvalue weighted by Gasteiger charge is -2.35. The van der Waals surface area contributed by atoms with E-state index in [1.165, 1.54) is 38.0 Å². The Balaban J connectivity index is 0.000000294. The number of carbonyl (C=O) groups is 7. The van der Waals surface area contributed by atoms with Crippen LogP contribution < -0.4 is 41.0 Å². The molecule has 1 aromatic heterocycles. The van der Waals surface area contributed by atoms with Crippen molar-refractivity contribution >= 4 is 110 Å². The van der Waals surface area contributed by atoms with Crippen LogP contribution in [0.3, 0.4) is 0 Å². The molecule has 4 N–H and O–H groups in total. The number of anilines is 2. The molecule has 105 heavy (non-hydrogen) atoms. The van der Waals surface area contributed by atoms with Crippen LogP contribution in [0.25, 0.3) is 5.69 Å². The van der Waals surface area contributed by atoms with Crippen molar-refractivity contribution in [2.24, 2.45) is 18.7 Å². The number of carboxylic acid groups (broad SMARTS) is 1. The lowest BCUT2D eigenvalue weighted by atomic mass is 9.81. The third kappa shape index (κ3) is 25.2. The monoisotopic (exact) mass is 1570 g/mol. The number of hydrogen-bond acceptors (Lipinski definition) is 20. The Morgan fingerprint density at radius 2 is 1.52 bits per heavy atom. The van der Waals surface area contributed by atoms with Crippen LogP contribution in [0.5, 0.6) is 17.2 Å². The van der Waals surface area contributed by atoms with E-state index in [1.807, 2.05) is 82.3 Å². The van der Waals surface area contributed by atoms with Crippen LogP contribution in [-0.4, -0.2) is 155 Å². The molecule has 5 unspecified atom stereocenters. The van der Waals surface area contributed by atoms with Gasteiger partial charge < -0.3 is 49.2 Å². The number of Topliss-reactive ketones (excluding diaryl/α,β-unsaturated/α-hetero) is 3. The zero-order valence-electron chi connectivity index (χ0n) is 59.2. The first-order valence-corrected chi connectivity index (χ1v) is 37.8. The van der Waals surface area contributed by atoms with Crippen LogP contribution in [0.2, 0.25) is 0 Å². The van der Waals surface area contributed by atoms with E-state index in [1.54, 1.807) is 23.8 Å². The number of hydrogen-bond donors (Lipinski definition) is 3. The van der Waals surface area contributed by atoms with Crippen molar-refractivity contribution in [1.29, 1.82) is 0 Å². The Morgan fingerprint density at radius 1 is 0.895 bits per heavy atom. The molecule has 8 rings (SSSR count). The number of ketones is 3. The highest BCUT2D eigenvalue weighted by molar-refractivity contribution is 7.90. The number of fused-ring (bicyclic) bond motifs is 1. The summed E-state index contributed by atoms with van der Waals surface area (Å²) in [6, 6.07) is 26.7. The number of carbonyl (C=O) groups excluding carboxylic acids is 6. The summed E-state index contributed by atoms with van der Waals surface area (Å²) in [6.45, 7) is 13.7. The quantitative estimate of drug-likeness (QED) is 0.0102. The van der Waals surface area contributed by atoms with E-state index >= 15 is 0 Å². The third-order valence-corrected chi connectivity index (χ3v) is 18.7. The molecule has 572 valence electrons. The summed E-state index contributed by atoms with van der Waals surface area (Å²) in [5.74, 6) is -4.18. The largest absolute Gasteiger partial charge is 0.489 e. The molecule has 0 radical (unpaired) electrons. The molecule has 1 saturated carbocycles. The van der Waals surface area contributed by atoms with Crippen LogP contribution in [0.1, 0.15) is 98.6 Å². The number of nitro groups is 1. The van der Waals surface area contributed by atoms with Crippen LogP contribution >= 0.6 is 42.2 Å². The van der Waals surface area contributed by atoms with Crippen LogP contribution in [-0.2, 0) is 85.3 Å². The Morgan fingerprint density at radius 3 is 2.06 bits per heavy atom. The standard InChI is InChI=1S/C25H25F3N2O6.C15H22ClNO2.C14H13NO7S.C11H11Cl2NO2.C5H12NO4P/c1-5-16-6-7-17(20(12-16)36-15(2)23(32)34-4)14-35-19-10-8-18(9-11-19)30-22(31)13-21(25(26,27)28)29(3)24(30)33;1-5-13-8-6-7-11(2)15(13)17(14(18)9-16)12(3)10-19-4;1-23(21,22)8-5-6-9(10(7-8)15(19)20)14(18)13-11(16)3-2-4-12(13)17;1-7-6-16-9-5-3-2-4-8(9)14(7)11(15)10(12)13;1-11(9,10)3-2-4(6)5(7)8/h6-13,15H,5,14H2,1-4H3;6-8,12H,5,9-10H2,1-4H3;5-7,13H,2-4H2,1H3;2-5,7,10H,6H2,1H3;4H,2-3,6H2,1H3,(H,7,8)(H,9,10). The number of rotatable bonds is 23. The maximum absolute atomic E-state index is 13.1. The van der Waals surface area contributed by atoms with E-state index in [4.69, 9.17) is 74.2 Å². The van der Waals surface area contributed by atoms with Crippen molar-refractivity contribution in [2.45, 2.75) is 127 Å². The van der Waals surface area contributed by atoms with E-state index in [-0.39, 0.29) is 72.4 Å². The van der Waals surface area contributed by atoms with Crippen molar-refractivity contribution in [1.82, 2.24) is 9.13 Å². The van der Waals surface area contributed by atoms with Crippen molar-refractivity contribution in [2.75, 3.05) is 62.2 Å². The van der Waals surface area contributed by atoms with Gasteiger partial charge in [-0.15, -0.1) is 11.6 Å².